The number of carbonyl (C=O) groups excluding carboxylic acids is 1. The van der Waals surface area contributed by atoms with Gasteiger partial charge in [-0.15, -0.1) is 6.58 Å². The summed E-state index contributed by atoms with van der Waals surface area (Å²) in [4.78, 5) is 23.6. The Morgan fingerprint density at radius 3 is 2.57 bits per heavy atom. The number of hydrogen-bond acceptors (Lipinski definition) is 2. The highest BCUT2D eigenvalue weighted by atomic mass is 16.4. The van der Waals surface area contributed by atoms with Crippen molar-refractivity contribution in [3.8, 4) is 0 Å². The Labute approximate surface area is 127 Å². The smallest absolute Gasteiger partial charge is 0.326 e. The van der Waals surface area contributed by atoms with E-state index in [1.54, 1.807) is 6.08 Å². The van der Waals surface area contributed by atoms with Gasteiger partial charge in [-0.25, -0.2) is 4.79 Å². The minimum absolute atomic E-state index is 0.00920. The molecule has 0 aliphatic heterocycles. The topological polar surface area (TPSA) is 66.4 Å². The highest BCUT2D eigenvalue weighted by Crippen LogP contribution is 2.42. The van der Waals surface area contributed by atoms with Gasteiger partial charge in [-0.2, -0.15) is 0 Å². The van der Waals surface area contributed by atoms with Crippen LogP contribution in [0.2, 0.25) is 0 Å². The Morgan fingerprint density at radius 1 is 1.19 bits per heavy atom. The Morgan fingerprint density at radius 2 is 1.90 bits per heavy atom. The number of fused-ring (bicyclic) bond motifs is 1. The summed E-state index contributed by atoms with van der Waals surface area (Å²) in [6.07, 6.45) is 10.9. The third-order valence-electron chi connectivity index (χ3n) is 5.18. The van der Waals surface area contributed by atoms with E-state index in [4.69, 9.17) is 0 Å². The van der Waals surface area contributed by atoms with Gasteiger partial charge >= 0.3 is 5.97 Å². The third kappa shape index (κ3) is 4.32. The molecule has 0 aromatic heterocycles. The van der Waals surface area contributed by atoms with Crippen LogP contribution in [0.3, 0.4) is 0 Å². The fourth-order valence-electron chi connectivity index (χ4n) is 3.94. The van der Waals surface area contributed by atoms with E-state index in [0.29, 0.717) is 18.8 Å². The lowest BCUT2D eigenvalue weighted by molar-refractivity contribution is -0.143. The summed E-state index contributed by atoms with van der Waals surface area (Å²) < 4.78 is 0. The number of allylic oxidation sites excluding steroid dienone is 1. The molecule has 0 saturated heterocycles. The first-order chi connectivity index (χ1) is 10.1. The molecule has 2 rings (SSSR count). The zero-order valence-electron chi connectivity index (χ0n) is 12.7. The Kier molecular flexibility index (Phi) is 5.83. The predicted molar refractivity (Wildman–Crippen MR) is 81.8 cm³/mol. The molecule has 0 aromatic carbocycles. The van der Waals surface area contributed by atoms with Gasteiger partial charge in [0.1, 0.15) is 6.04 Å². The highest BCUT2D eigenvalue weighted by molar-refractivity contribution is 5.85. The molecule has 2 saturated carbocycles. The third-order valence-corrected chi connectivity index (χ3v) is 5.18. The van der Waals surface area contributed by atoms with E-state index < -0.39 is 12.0 Å². The maximum Gasteiger partial charge on any atom is 0.326 e. The van der Waals surface area contributed by atoms with Crippen LogP contribution >= 0.6 is 0 Å². The van der Waals surface area contributed by atoms with E-state index in [-0.39, 0.29) is 11.8 Å². The molecule has 4 nitrogen and oxygen atoms in total. The van der Waals surface area contributed by atoms with Crippen LogP contribution in [0.1, 0.15) is 57.8 Å². The molecule has 2 fully saturated rings. The van der Waals surface area contributed by atoms with Gasteiger partial charge in [0.15, 0.2) is 0 Å². The van der Waals surface area contributed by atoms with E-state index in [9.17, 15) is 14.7 Å². The first-order valence-corrected chi connectivity index (χ1v) is 8.26. The monoisotopic (exact) mass is 293 g/mol. The van der Waals surface area contributed by atoms with Crippen molar-refractivity contribution in [3.63, 3.8) is 0 Å². The summed E-state index contributed by atoms with van der Waals surface area (Å²) in [6.45, 7) is 3.60. The SMILES string of the molecule is C=CCCC(NC(=O)C1CCC2CCCCC2C1)C(=O)O. The summed E-state index contributed by atoms with van der Waals surface area (Å²) in [6, 6.07) is -0.778. The first kappa shape index (κ1) is 16.1. The van der Waals surface area contributed by atoms with Crippen LogP contribution in [0.25, 0.3) is 0 Å². The molecule has 4 unspecified atom stereocenters. The first-order valence-electron chi connectivity index (χ1n) is 8.26. The summed E-state index contributed by atoms with van der Waals surface area (Å²) in [5.41, 5.74) is 0. The number of hydrogen-bond donors (Lipinski definition) is 2. The van der Waals surface area contributed by atoms with Crippen molar-refractivity contribution < 1.29 is 14.7 Å². The van der Waals surface area contributed by atoms with Crippen molar-refractivity contribution in [2.75, 3.05) is 0 Å². The zero-order valence-corrected chi connectivity index (χ0v) is 12.7. The van der Waals surface area contributed by atoms with Crippen LogP contribution in [0, 0.1) is 17.8 Å². The van der Waals surface area contributed by atoms with Gasteiger partial charge in [-0.3, -0.25) is 4.79 Å². The summed E-state index contributed by atoms with van der Waals surface area (Å²) in [7, 11) is 0. The van der Waals surface area contributed by atoms with Crippen LogP contribution in [-0.4, -0.2) is 23.0 Å². The molecule has 118 valence electrons. The van der Waals surface area contributed by atoms with Crippen molar-refractivity contribution in [3.05, 3.63) is 12.7 Å². The molecule has 1 amide bonds. The number of nitrogens with one attached hydrogen (secondary N) is 1. The van der Waals surface area contributed by atoms with E-state index in [1.807, 2.05) is 0 Å². The van der Waals surface area contributed by atoms with Crippen LogP contribution in [0.15, 0.2) is 12.7 Å². The standard InChI is InChI=1S/C17H27NO3/c1-2-3-8-15(17(20)21)18-16(19)14-10-9-12-6-4-5-7-13(12)11-14/h2,12-15H,1,3-11H2,(H,18,19)(H,20,21). The molecule has 0 aromatic rings. The lowest BCUT2D eigenvalue weighted by Gasteiger charge is -2.39. The van der Waals surface area contributed by atoms with Gasteiger partial charge in [0.05, 0.1) is 0 Å². The van der Waals surface area contributed by atoms with Gasteiger partial charge in [0.2, 0.25) is 5.91 Å². The molecule has 2 N–H and O–H groups in total. The largest absolute Gasteiger partial charge is 0.480 e. The number of aliphatic carboxylic acids is 1. The second-order valence-electron chi connectivity index (χ2n) is 6.58. The van der Waals surface area contributed by atoms with E-state index in [1.165, 1.54) is 25.7 Å². The molecule has 4 heteroatoms. The lowest BCUT2D eigenvalue weighted by Crippen LogP contribution is -2.45. The summed E-state index contributed by atoms with van der Waals surface area (Å²) in [5.74, 6) is 0.487. The Hall–Kier alpha value is -1.32. The van der Waals surface area contributed by atoms with E-state index in [0.717, 1.165) is 25.2 Å². The predicted octanol–water partition coefficient (Wildman–Crippen LogP) is 3.13. The number of amides is 1. The Bertz CT molecular complexity index is 393. The molecule has 2 aliphatic rings. The fourth-order valence-corrected chi connectivity index (χ4v) is 3.94. The summed E-state index contributed by atoms with van der Waals surface area (Å²) >= 11 is 0. The molecular weight excluding hydrogens is 266 g/mol. The maximum absolute atomic E-state index is 12.4. The fraction of sp³-hybridized carbons (Fsp3) is 0.765. The average Bonchev–Trinajstić information content (AvgIpc) is 2.50. The molecule has 4 atom stereocenters. The van der Waals surface area contributed by atoms with E-state index in [2.05, 4.69) is 11.9 Å². The van der Waals surface area contributed by atoms with Crippen molar-refractivity contribution in [1.29, 1.82) is 0 Å². The van der Waals surface area contributed by atoms with Gasteiger partial charge in [-0.1, -0.05) is 31.8 Å². The molecule has 0 heterocycles. The number of carboxylic acid groups (broad SMARTS) is 1. The maximum atomic E-state index is 12.4. The normalized spacial score (nSPS) is 30.0. The number of rotatable bonds is 6. The highest BCUT2D eigenvalue weighted by Gasteiger charge is 2.35. The molecular formula is C17H27NO3. The van der Waals surface area contributed by atoms with Crippen LogP contribution < -0.4 is 5.32 Å². The Balaban J connectivity index is 1.87. The van der Waals surface area contributed by atoms with Crippen LogP contribution in [0.5, 0.6) is 0 Å². The van der Waals surface area contributed by atoms with Crippen molar-refractivity contribution in [2.24, 2.45) is 17.8 Å². The van der Waals surface area contributed by atoms with Crippen molar-refractivity contribution in [1.82, 2.24) is 5.32 Å². The lowest BCUT2D eigenvalue weighted by atomic mass is 9.67. The van der Waals surface area contributed by atoms with Gasteiger partial charge in [0.25, 0.3) is 0 Å². The summed E-state index contributed by atoms with van der Waals surface area (Å²) in [5, 5.41) is 11.9. The van der Waals surface area contributed by atoms with Crippen LogP contribution in [0.4, 0.5) is 0 Å². The number of carboxylic acids is 1. The molecule has 0 radical (unpaired) electrons. The van der Waals surface area contributed by atoms with Gasteiger partial charge in [-0.05, 0) is 43.9 Å². The van der Waals surface area contributed by atoms with Crippen LogP contribution in [-0.2, 0) is 9.59 Å². The van der Waals surface area contributed by atoms with Gasteiger partial charge < -0.3 is 10.4 Å². The minimum Gasteiger partial charge on any atom is -0.480 e. The average molecular weight is 293 g/mol. The van der Waals surface area contributed by atoms with Gasteiger partial charge in [0, 0.05) is 5.92 Å². The molecule has 21 heavy (non-hydrogen) atoms. The molecule has 0 spiro atoms. The van der Waals surface area contributed by atoms with Crippen molar-refractivity contribution >= 4 is 11.9 Å². The number of carbonyl (C=O) groups is 2. The molecule has 0 bridgehead atoms. The second-order valence-corrected chi connectivity index (χ2v) is 6.58. The molecule has 2 aliphatic carbocycles. The van der Waals surface area contributed by atoms with E-state index >= 15 is 0 Å². The minimum atomic E-state index is -0.948. The van der Waals surface area contributed by atoms with Crippen molar-refractivity contribution in [2.45, 2.75) is 63.8 Å². The second kappa shape index (κ2) is 7.62. The zero-order chi connectivity index (χ0) is 15.2. The quantitative estimate of drug-likeness (QED) is 0.739.